The topological polar surface area (TPSA) is 76.1 Å². The molecule has 0 saturated carbocycles. The van der Waals surface area contributed by atoms with Crippen molar-refractivity contribution >= 4 is 12.1 Å². The summed E-state index contributed by atoms with van der Waals surface area (Å²) in [4.78, 5) is 24.8. The summed E-state index contributed by atoms with van der Waals surface area (Å²) in [5.41, 5.74) is 0. The van der Waals surface area contributed by atoms with Crippen LogP contribution < -0.4 is 0 Å². The van der Waals surface area contributed by atoms with Gasteiger partial charge in [-0.2, -0.15) is 0 Å². The Kier molecular flexibility index (Phi) is 5.82. The lowest BCUT2D eigenvalue weighted by Crippen LogP contribution is -2.55. The summed E-state index contributed by atoms with van der Waals surface area (Å²) in [5, 5.41) is 10.1. The standard InChI is InChI=1S/C13H21NO5/c1-4-8-19-13(17)14-7-6-10(11(15)9(14)3)12(16)18-5-2/h4,9-11,15H,1,5-8H2,2-3H3/t9-,10?,11?/m0/s1. The highest BCUT2D eigenvalue weighted by Crippen LogP contribution is 2.25. The van der Waals surface area contributed by atoms with Crippen LogP contribution in [-0.2, 0) is 14.3 Å². The van der Waals surface area contributed by atoms with Gasteiger partial charge in [-0.25, -0.2) is 4.79 Å². The van der Waals surface area contributed by atoms with Gasteiger partial charge in [0.15, 0.2) is 0 Å². The molecule has 0 aromatic heterocycles. The molecule has 0 aromatic rings. The lowest BCUT2D eigenvalue weighted by molar-refractivity contribution is -0.156. The van der Waals surface area contributed by atoms with Crippen molar-refractivity contribution in [3.05, 3.63) is 12.7 Å². The van der Waals surface area contributed by atoms with Gasteiger partial charge >= 0.3 is 12.1 Å². The largest absolute Gasteiger partial charge is 0.466 e. The fraction of sp³-hybridized carbons (Fsp3) is 0.692. The van der Waals surface area contributed by atoms with Gasteiger partial charge in [-0.1, -0.05) is 12.7 Å². The Balaban J connectivity index is 2.63. The average Bonchev–Trinajstić information content (AvgIpc) is 2.39. The Morgan fingerprint density at radius 3 is 2.74 bits per heavy atom. The van der Waals surface area contributed by atoms with Crippen LogP contribution in [0.5, 0.6) is 0 Å². The molecule has 0 spiro atoms. The second kappa shape index (κ2) is 7.13. The van der Waals surface area contributed by atoms with Gasteiger partial charge in [-0.05, 0) is 20.3 Å². The maximum Gasteiger partial charge on any atom is 0.410 e. The molecule has 108 valence electrons. The molecule has 1 heterocycles. The minimum Gasteiger partial charge on any atom is -0.466 e. The van der Waals surface area contributed by atoms with Gasteiger partial charge in [-0.3, -0.25) is 4.79 Å². The van der Waals surface area contributed by atoms with Crippen LogP contribution in [0.1, 0.15) is 20.3 Å². The van der Waals surface area contributed by atoms with Gasteiger partial charge in [0.05, 0.1) is 24.7 Å². The molecular weight excluding hydrogens is 250 g/mol. The second-order valence-corrected chi connectivity index (χ2v) is 4.44. The van der Waals surface area contributed by atoms with E-state index in [-0.39, 0.29) is 13.2 Å². The van der Waals surface area contributed by atoms with E-state index in [9.17, 15) is 14.7 Å². The zero-order valence-corrected chi connectivity index (χ0v) is 11.4. The molecule has 6 heteroatoms. The van der Waals surface area contributed by atoms with E-state index in [2.05, 4.69) is 6.58 Å². The number of carbonyl (C=O) groups excluding carboxylic acids is 2. The summed E-state index contributed by atoms with van der Waals surface area (Å²) in [5.74, 6) is -1.00. The molecule has 0 aliphatic carbocycles. The van der Waals surface area contributed by atoms with E-state index in [0.717, 1.165) is 0 Å². The van der Waals surface area contributed by atoms with Crippen molar-refractivity contribution in [2.24, 2.45) is 5.92 Å². The zero-order valence-electron chi connectivity index (χ0n) is 11.4. The molecule has 1 saturated heterocycles. The number of piperidine rings is 1. The van der Waals surface area contributed by atoms with Crippen LogP contribution in [0.4, 0.5) is 4.79 Å². The van der Waals surface area contributed by atoms with Crippen LogP contribution in [0.15, 0.2) is 12.7 Å². The van der Waals surface area contributed by atoms with Crippen LogP contribution in [0.25, 0.3) is 0 Å². The third-order valence-corrected chi connectivity index (χ3v) is 3.23. The van der Waals surface area contributed by atoms with Gasteiger partial charge in [0.1, 0.15) is 6.61 Å². The Morgan fingerprint density at radius 1 is 1.47 bits per heavy atom. The molecule has 1 aliphatic heterocycles. The van der Waals surface area contributed by atoms with E-state index in [1.54, 1.807) is 13.8 Å². The van der Waals surface area contributed by atoms with E-state index in [0.29, 0.717) is 13.0 Å². The Bertz CT molecular complexity index is 344. The van der Waals surface area contributed by atoms with Gasteiger partial charge in [0, 0.05) is 6.54 Å². The van der Waals surface area contributed by atoms with Crippen molar-refractivity contribution in [1.82, 2.24) is 4.90 Å². The van der Waals surface area contributed by atoms with Crippen LogP contribution >= 0.6 is 0 Å². The third kappa shape index (κ3) is 3.70. The van der Waals surface area contributed by atoms with Crippen molar-refractivity contribution in [3.63, 3.8) is 0 Å². The first kappa shape index (κ1) is 15.5. The third-order valence-electron chi connectivity index (χ3n) is 3.23. The summed E-state index contributed by atoms with van der Waals surface area (Å²) in [7, 11) is 0. The first-order valence-corrected chi connectivity index (χ1v) is 6.41. The van der Waals surface area contributed by atoms with Gasteiger partial charge < -0.3 is 19.5 Å². The normalized spacial score (nSPS) is 26.7. The van der Waals surface area contributed by atoms with E-state index in [1.807, 2.05) is 0 Å². The fourth-order valence-corrected chi connectivity index (χ4v) is 2.15. The van der Waals surface area contributed by atoms with Gasteiger partial charge in [0.2, 0.25) is 0 Å². The van der Waals surface area contributed by atoms with Crippen LogP contribution in [0.2, 0.25) is 0 Å². The highest BCUT2D eigenvalue weighted by molar-refractivity contribution is 5.74. The molecule has 6 nitrogen and oxygen atoms in total. The van der Waals surface area contributed by atoms with E-state index < -0.39 is 30.1 Å². The van der Waals surface area contributed by atoms with Crippen molar-refractivity contribution in [1.29, 1.82) is 0 Å². The number of hydrogen-bond donors (Lipinski definition) is 1. The van der Waals surface area contributed by atoms with Crippen molar-refractivity contribution in [2.45, 2.75) is 32.4 Å². The molecule has 2 unspecified atom stereocenters. The molecule has 0 bridgehead atoms. The molecule has 1 aliphatic rings. The van der Waals surface area contributed by atoms with Crippen LogP contribution in [-0.4, -0.2) is 54.0 Å². The Labute approximate surface area is 113 Å². The molecule has 3 atom stereocenters. The molecule has 1 amide bonds. The summed E-state index contributed by atoms with van der Waals surface area (Å²) in [6.45, 7) is 7.63. The number of ether oxygens (including phenoxy) is 2. The molecule has 1 N–H and O–H groups in total. The average molecular weight is 271 g/mol. The minimum atomic E-state index is -0.941. The number of rotatable bonds is 4. The number of carbonyl (C=O) groups is 2. The van der Waals surface area contributed by atoms with E-state index in [4.69, 9.17) is 9.47 Å². The first-order chi connectivity index (χ1) is 9.02. The Hall–Kier alpha value is -1.56. The molecule has 19 heavy (non-hydrogen) atoms. The number of hydrogen-bond acceptors (Lipinski definition) is 5. The molecule has 1 rings (SSSR count). The predicted molar refractivity (Wildman–Crippen MR) is 68.5 cm³/mol. The monoisotopic (exact) mass is 271 g/mol. The number of aliphatic hydroxyl groups excluding tert-OH is 1. The minimum absolute atomic E-state index is 0.124. The van der Waals surface area contributed by atoms with Crippen LogP contribution in [0.3, 0.4) is 0 Å². The summed E-state index contributed by atoms with van der Waals surface area (Å²) >= 11 is 0. The maximum absolute atomic E-state index is 11.7. The molecular formula is C13H21NO5. The number of amides is 1. The highest BCUT2D eigenvalue weighted by atomic mass is 16.6. The second-order valence-electron chi connectivity index (χ2n) is 4.44. The summed E-state index contributed by atoms with van der Waals surface area (Å²) < 4.78 is 9.85. The smallest absolute Gasteiger partial charge is 0.410 e. The highest BCUT2D eigenvalue weighted by Gasteiger charge is 2.41. The number of esters is 1. The SMILES string of the molecule is C=CCOC(=O)N1CCC(C(=O)OCC)C(O)[C@@H]1C. The van der Waals surface area contributed by atoms with Gasteiger partial charge in [-0.15, -0.1) is 0 Å². The first-order valence-electron chi connectivity index (χ1n) is 6.41. The fourth-order valence-electron chi connectivity index (χ4n) is 2.15. The quantitative estimate of drug-likeness (QED) is 0.608. The van der Waals surface area contributed by atoms with Crippen molar-refractivity contribution in [2.75, 3.05) is 19.8 Å². The van der Waals surface area contributed by atoms with E-state index in [1.165, 1.54) is 11.0 Å². The number of likely N-dealkylation sites (tertiary alicyclic amines) is 1. The maximum atomic E-state index is 11.7. The summed E-state index contributed by atoms with van der Waals surface area (Å²) in [6.07, 6.45) is 0.399. The lowest BCUT2D eigenvalue weighted by atomic mass is 9.89. The zero-order chi connectivity index (χ0) is 14.4. The number of aliphatic hydroxyl groups is 1. The molecule has 0 radical (unpaired) electrons. The Morgan fingerprint density at radius 2 is 2.16 bits per heavy atom. The predicted octanol–water partition coefficient (Wildman–Crippen LogP) is 0.943. The van der Waals surface area contributed by atoms with Crippen molar-refractivity contribution in [3.8, 4) is 0 Å². The lowest BCUT2D eigenvalue weighted by Gasteiger charge is -2.39. The van der Waals surface area contributed by atoms with Crippen LogP contribution in [0, 0.1) is 5.92 Å². The van der Waals surface area contributed by atoms with Crippen molar-refractivity contribution < 1.29 is 24.2 Å². The number of nitrogens with zero attached hydrogens (tertiary/aromatic N) is 1. The van der Waals surface area contributed by atoms with Gasteiger partial charge in [0.25, 0.3) is 0 Å². The molecule has 0 aromatic carbocycles. The summed E-state index contributed by atoms with van der Waals surface area (Å²) in [6, 6.07) is -0.486. The van der Waals surface area contributed by atoms with E-state index >= 15 is 0 Å². The molecule has 1 fully saturated rings.